The van der Waals surface area contributed by atoms with E-state index in [-0.39, 0.29) is 37.6 Å². The Kier molecular flexibility index (Phi) is 9.37. The Balaban J connectivity index is 1.48. The molecule has 2 amide bonds. The molecule has 2 aromatic rings. The highest BCUT2D eigenvalue weighted by molar-refractivity contribution is 7.92. The van der Waals surface area contributed by atoms with Crippen LogP contribution < -0.4 is 19.1 Å². The Labute approximate surface area is 231 Å². The SMILES string of the molecule is CC[C@H](C(=O)NC1CCCC1)N(Cc1cccc(C)c1)C(=O)CCCN(c1ccc2c(c1)OCO2)S(C)(=O)=O. The van der Waals surface area contributed by atoms with E-state index >= 15 is 0 Å². The zero-order valence-electron chi connectivity index (χ0n) is 23.0. The number of amides is 2. The van der Waals surface area contributed by atoms with Crippen LogP contribution in [0.2, 0.25) is 0 Å². The summed E-state index contributed by atoms with van der Waals surface area (Å²) < 4.78 is 37.3. The maximum Gasteiger partial charge on any atom is 0.243 e. The maximum atomic E-state index is 13.6. The first-order valence-corrected chi connectivity index (χ1v) is 15.5. The maximum absolute atomic E-state index is 13.6. The topological polar surface area (TPSA) is 105 Å². The number of ether oxygens (including phenoxy) is 2. The normalized spacial score (nSPS) is 15.7. The second-order valence-electron chi connectivity index (χ2n) is 10.4. The molecule has 1 aliphatic carbocycles. The summed E-state index contributed by atoms with van der Waals surface area (Å²) in [7, 11) is -3.61. The summed E-state index contributed by atoms with van der Waals surface area (Å²) in [6.07, 6.45) is 6.18. The zero-order chi connectivity index (χ0) is 28.0. The van der Waals surface area contributed by atoms with E-state index in [1.807, 2.05) is 38.1 Å². The van der Waals surface area contributed by atoms with Crippen molar-refractivity contribution in [3.63, 3.8) is 0 Å². The molecule has 0 aromatic heterocycles. The fourth-order valence-corrected chi connectivity index (χ4v) is 6.30. The van der Waals surface area contributed by atoms with Gasteiger partial charge in [-0.05, 0) is 50.3 Å². The van der Waals surface area contributed by atoms with Gasteiger partial charge in [0.1, 0.15) is 6.04 Å². The summed E-state index contributed by atoms with van der Waals surface area (Å²) in [5.41, 5.74) is 2.48. The smallest absolute Gasteiger partial charge is 0.243 e. The van der Waals surface area contributed by atoms with Crippen LogP contribution in [0, 0.1) is 6.92 Å². The van der Waals surface area contributed by atoms with E-state index in [2.05, 4.69) is 5.32 Å². The van der Waals surface area contributed by atoms with Gasteiger partial charge < -0.3 is 19.7 Å². The number of sulfonamides is 1. The fraction of sp³-hybridized carbons (Fsp3) is 0.517. The molecule has 212 valence electrons. The first kappa shape index (κ1) is 28.7. The zero-order valence-corrected chi connectivity index (χ0v) is 23.8. The van der Waals surface area contributed by atoms with Gasteiger partial charge in [0.05, 0.1) is 11.9 Å². The molecule has 0 saturated heterocycles. The Hall–Kier alpha value is -3.27. The van der Waals surface area contributed by atoms with Crippen LogP contribution in [0.25, 0.3) is 0 Å². The molecule has 1 fully saturated rings. The molecule has 1 saturated carbocycles. The van der Waals surface area contributed by atoms with Crippen molar-refractivity contribution in [1.82, 2.24) is 10.2 Å². The minimum absolute atomic E-state index is 0.0931. The standard InChI is InChI=1S/C29H39N3O6S/c1-4-25(29(34)30-23-11-5-6-12-23)31(19-22-10-7-9-21(2)17-22)28(33)13-8-16-32(39(3,35)36)24-14-15-26-27(18-24)38-20-37-26/h7,9-10,14-15,17-18,23,25H,4-6,8,11-13,16,19-20H2,1-3H3,(H,30,34)/t25-/m1/s1. The molecule has 39 heavy (non-hydrogen) atoms. The van der Waals surface area contributed by atoms with Crippen molar-refractivity contribution < 1.29 is 27.5 Å². The predicted molar refractivity (Wildman–Crippen MR) is 150 cm³/mol. The lowest BCUT2D eigenvalue weighted by Crippen LogP contribution is -2.51. The lowest BCUT2D eigenvalue weighted by Gasteiger charge is -2.32. The van der Waals surface area contributed by atoms with Crippen molar-refractivity contribution in [2.24, 2.45) is 0 Å². The van der Waals surface area contributed by atoms with Gasteiger partial charge in [0, 0.05) is 31.6 Å². The largest absolute Gasteiger partial charge is 0.454 e. The molecule has 4 rings (SSSR count). The van der Waals surface area contributed by atoms with Gasteiger partial charge in [-0.25, -0.2) is 8.42 Å². The van der Waals surface area contributed by atoms with Gasteiger partial charge in [-0.3, -0.25) is 13.9 Å². The molecule has 2 aromatic carbocycles. The lowest BCUT2D eigenvalue weighted by atomic mass is 10.1. The molecular formula is C29H39N3O6S. The number of rotatable bonds is 12. The molecule has 1 heterocycles. The van der Waals surface area contributed by atoms with E-state index in [1.54, 1.807) is 23.1 Å². The average Bonchev–Trinajstić information content (AvgIpc) is 3.57. The van der Waals surface area contributed by atoms with E-state index in [9.17, 15) is 18.0 Å². The summed E-state index contributed by atoms with van der Waals surface area (Å²) in [5, 5.41) is 3.16. The summed E-state index contributed by atoms with van der Waals surface area (Å²) in [6, 6.07) is 12.5. The Bertz CT molecular complexity index is 1280. The Morgan fingerprint density at radius 2 is 1.82 bits per heavy atom. The highest BCUT2D eigenvalue weighted by atomic mass is 32.2. The predicted octanol–water partition coefficient (Wildman–Crippen LogP) is 4.14. The van der Waals surface area contributed by atoms with Crippen LogP contribution >= 0.6 is 0 Å². The summed E-state index contributed by atoms with van der Waals surface area (Å²) >= 11 is 0. The summed E-state index contributed by atoms with van der Waals surface area (Å²) in [5.74, 6) is 0.754. The van der Waals surface area contributed by atoms with E-state index in [1.165, 1.54) is 4.31 Å². The third-order valence-electron chi connectivity index (χ3n) is 7.32. The van der Waals surface area contributed by atoms with Crippen LogP contribution in [0.4, 0.5) is 5.69 Å². The molecule has 10 heteroatoms. The minimum atomic E-state index is -3.61. The van der Waals surface area contributed by atoms with Gasteiger partial charge in [-0.1, -0.05) is 49.6 Å². The van der Waals surface area contributed by atoms with Gasteiger partial charge in [0.15, 0.2) is 11.5 Å². The molecule has 1 N–H and O–H groups in total. The van der Waals surface area contributed by atoms with Crippen LogP contribution in [0.1, 0.15) is 63.0 Å². The second kappa shape index (κ2) is 12.7. The Morgan fingerprint density at radius 1 is 1.08 bits per heavy atom. The van der Waals surface area contributed by atoms with Crippen LogP contribution in [0.5, 0.6) is 11.5 Å². The molecule has 9 nitrogen and oxygen atoms in total. The van der Waals surface area contributed by atoms with Gasteiger partial charge in [0.25, 0.3) is 0 Å². The number of nitrogens with zero attached hydrogens (tertiary/aromatic N) is 2. The van der Waals surface area contributed by atoms with Crippen molar-refractivity contribution in [2.75, 3.05) is 23.9 Å². The molecule has 1 atom stereocenters. The van der Waals surface area contributed by atoms with Crippen molar-refractivity contribution in [3.05, 3.63) is 53.6 Å². The number of fused-ring (bicyclic) bond motifs is 1. The Morgan fingerprint density at radius 3 is 2.51 bits per heavy atom. The number of aryl methyl sites for hydroxylation is 1. The minimum Gasteiger partial charge on any atom is -0.454 e. The number of hydrogen-bond donors (Lipinski definition) is 1. The van der Waals surface area contributed by atoms with E-state index < -0.39 is 16.1 Å². The highest BCUT2D eigenvalue weighted by Crippen LogP contribution is 2.36. The van der Waals surface area contributed by atoms with Crippen LogP contribution in [-0.4, -0.2) is 56.8 Å². The number of anilines is 1. The molecule has 0 unspecified atom stereocenters. The number of hydrogen-bond acceptors (Lipinski definition) is 6. The number of carbonyl (C=O) groups is 2. The fourth-order valence-electron chi connectivity index (χ4n) is 5.34. The van der Waals surface area contributed by atoms with Gasteiger partial charge in [0.2, 0.25) is 28.6 Å². The molecule has 1 aliphatic heterocycles. The van der Waals surface area contributed by atoms with E-state index in [0.29, 0.717) is 36.6 Å². The van der Waals surface area contributed by atoms with Crippen molar-refractivity contribution >= 4 is 27.5 Å². The van der Waals surface area contributed by atoms with E-state index in [4.69, 9.17) is 9.47 Å². The molecule has 0 bridgehead atoms. The van der Waals surface area contributed by atoms with Gasteiger partial charge in [-0.15, -0.1) is 0 Å². The number of nitrogens with one attached hydrogen (secondary N) is 1. The quantitative estimate of drug-likeness (QED) is 0.421. The van der Waals surface area contributed by atoms with E-state index in [0.717, 1.165) is 43.1 Å². The van der Waals surface area contributed by atoms with Crippen LogP contribution in [0.3, 0.4) is 0 Å². The first-order valence-electron chi connectivity index (χ1n) is 13.7. The third-order valence-corrected chi connectivity index (χ3v) is 8.51. The van der Waals surface area contributed by atoms with Crippen molar-refractivity contribution in [2.45, 2.75) is 77.4 Å². The van der Waals surface area contributed by atoms with Gasteiger partial charge >= 0.3 is 0 Å². The number of carbonyl (C=O) groups excluding carboxylic acids is 2. The second-order valence-corrected chi connectivity index (χ2v) is 12.3. The lowest BCUT2D eigenvalue weighted by molar-refractivity contribution is -0.141. The number of benzene rings is 2. The molecule has 0 spiro atoms. The van der Waals surface area contributed by atoms with Crippen molar-refractivity contribution in [1.29, 1.82) is 0 Å². The first-order chi connectivity index (χ1) is 18.7. The molecule has 2 aliphatic rings. The van der Waals surface area contributed by atoms with Gasteiger partial charge in [-0.2, -0.15) is 0 Å². The molecular weight excluding hydrogens is 518 g/mol. The highest BCUT2D eigenvalue weighted by Gasteiger charge is 2.31. The van der Waals surface area contributed by atoms with Crippen LogP contribution in [-0.2, 0) is 26.2 Å². The summed E-state index contributed by atoms with van der Waals surface area (Å²) in [4.78, 5) is 28.6. The monoisotopic (exact) mass is 557 g/mol. The van der Waals surface area contributed by atoms with Crippen molar-refractivity contribution in [3.8, 4) is 11.5 Å². The third kappa shape index (κ3) is 7.44. The molecule has 0 radical (unpaired) electrons. The average molecular weight is 558 g/mol. The van der Waals surface area contributed by atoms with Crippen LogP contribution in [0.15, 0.2) is 42.5 Å². The summed E-state index contributed by atoms with van der Waals surface area (Å²) in [6.45, 7) is 4.44.